The molecule has 1 saturated carbocycles. The molecule has 0 radical (unpaired) electrons. The zero-order valence-corrected chi connectivity index (χ0v) is 11.0. The number of guanidine groups is 1. The lowest BCUT2D eigenvalue weighted by molar-refractivity contribution is 0.315. The Morgan fingerprint density at radius 1 is 1.47 bits per heavy atom. The standard InChI is InChI=1S/C11H19N5S/c1-2-9-15-16-10(17-9)7-14-11(12)13-6-8-4-3-5-8/h8H,2-7H2,1H3,(H3,12,13,14). The average Bonchev–Trinajstić information content (AvgIpc) is 2.72. The third kappa shape index (κ3) is 3.66. The highest BCUT2D eigenvalue weighted by molar-refractivity contribution is 7.11. The fourth-order valence-corrected chi connectivity index (χ4v) is 2.36. The number of aliphatic imine (C=N–C) groups is 1. The van der Waals surface area contributed by atoms with Gasteiger partial charge in [-0.3, -0.25) is 0 Å². The van der Waals surface area contributed by atoms with Crippen molar-refractivity contribution in [3.63, 3.8) is 0 Å². The van der Waals surface area contributed by atoms with E-state index in [1.54, 1.807) is 11.3 Å². The van der Waals surface area contributed by atoms with Gasteiger partial charge in [0, 0.05) is 6.54 Å². The van der Waals surface area contributed by atoms with E-state index in [-0.39, 0.29) is 0 Å². The summed E-state index contributed by atoms with van der Waals surface area (Å²) in [4.78, 5) is 4.26. The third-order valence-electron chi connectivity index (χ3n) is 2.99. The normalized spacial score (nSPS) is 16.9. The molecule has 3 N–H and O–H groups in total. The second-order valence-electron chi connectivity index (χ2n) is 4.32. The molecule has 1 aliphatic carbocycles. The van der Waals surface area contributed by atoms with E-state index < -0.39 is 0 Å². The zero-order chi connectivity index (χ0) is 12.1. The smallest absolute Gasteiger partial charge is 0.189 e. The van der Waals surface area contributed by atoms with E-state index in [4.69, 9.17) is 5.73 Å². The van der Waals surface area contributed by atoms with E-state index in [9.17, 15) is 0 Å². The summed E-state index contributed by atoms with van der Waals surface area (Å²) in [7, 11) is 0. The molecule has 0 unspecified atom stereocenters. The maximum Gasteiger partial charge on any atom is 0.189 e. The number of nitrogens with two attached hydrogens (primary N) is 1. The van der Waals surface area contributed by atoms with Gasteiger partial charge in [0.2, 0.25) is 0 Å². The van der Waals surface area contributed by atoms with Crippen molar-refractivity contribution in [1.82, 2.24) is 15.5 Å². The number of nitrogens with zero attached hydrogens (tertiary/aromatic N) is 3. The average molecular weight is 253 g/mol. The summed E-state index contributed by atoms with van der Waals surface area (Å²) in [5.41, 5.74) is 5.78. The second kappa shape index (κ2) is 5.95. The molecule has 1 fully saturated rings. The molecular formula is C11H19N5S. The lowest BCUT2D eigenvalue weighted by Gasteiger charge is -2.25. The van der Waals surface area contributed by atoms with Crippen LogP contribution in [0.25, 0.3) is 0 Å². The summed E-state index contributed by atoms with van der Waals surface area (Å²) >= 11 is 1.60. The van der Waals surface area contributed by atoms with E-state index >= 15 is 0 Å². The summed E-state index contributed by atoms with van der Waals surface area (Å²) < 4.78 is 0. The van der Waals surface area contributed by atoms with Crippen LogP contribution in [0.15, 0.2) is 4.99 Å². The first-order valence-corrected chi connectivity index (χ1v) is 6.94. The van der Waals surface area contributed by atoms with Crippen LogP contribution in [-0.4, -0.2) is 22.7 Å². The molecule has 0 spiro atoms. The quantitative estimate of drug-likeness (QED) is 0.612. The lowest BCUT2D eigenvalue weighted by atomic mass is 9.85. The van der Waals surface area contributed by atoms with Crippen molar-refractivity contribution >= 4 is 17.3 Å². The molecule has 2 rings (SSSR count). The van der Waals surface area contributed by atoms with Gasteiger partial charge in [-0.05, 0) is 25.2 Å². The van der Waals surface area contributed by atoms with Crippen molar-refractivity contribution in [2.75, 3.05) is 6.54 Å². The Morgan fingerprint density at radius 2 is 2.24 bits per heavy atom. The molecule has 94 valence electrons. The molecule has 0 bridgehead atoms. The van der Waals surface area contributed by atoms with E-state index in [0.717, 1.165) is 28.9 Å². The van der Waals surface area contributed by atoms with Crippen LogP contribution in [-0.2, 0) is 13.0 Å². The van der Waals surface area contributed by atoms with Crippen molar-refractivity contribution in [2.45, 2.75) is 39.2 Å². The van der Waals surface area contributed by atoms with E-state index in [1.807, 2.05) is 0 Å². The van der Waals surface area contributed by atoms with Crippen LogP contribution >= 0.6 is 11.3 Å². The predicted octanol–water partition coefficient (Wildman–Crippen LogP) is 1.30. The fraction of sp³-hybridized carbons (Fsp3) is 0.727. The topological polar surface area (TPSA) is 76.2 Å². The van der Waals surface area contributed by atoms with Gasteiger partial charge >= 0.3 is 0 Å². The minimum atomic E-state index is 0.519. The second-order valence-corrected chi connectivity index (χ2v) is 5.47. The van der Waals surface area contributed by atoms with Gasteiger partial charge in [-0.2, -0.15) is 0 Å². The van der Waals surface area contributed by atoms with Crippen LogP contribution in [0.1, 0.15) is 36.2 Å². The molecule has 1 aliphatic rings. The summed E-state index contributed by atoms with van der Waals surface area (Å²) in [6, 6.07) is 0. The number of rotatable bonds is 5. The summed E-state index contributed by atoms with van der Waals surface area (Å²) in [5.74, 6) is 1.31. The van der Waals surface area contributed by atoms with Crippen LogP contribution in [0, 0.1) is 5.92 Å². The Balaban J connectivity index is 1.74. The summed E-state index contributed by atoms with van der Waals surface area (Å²) in [6.07, 6.45) is 4.91. The first-order valence-electron chi connectivity index (χ1n) is 6.13. The Kier molecular flexibility index (Phi) is 4.30. The zero-order valence-electron chi connectivity index (χ0n) is 10.1. The first-order chi connectivity index (χ1) is 8.28. The fourth-order valence-electron chi connectivity index (χ4n) is 1.65. The lowest BCUT2D eigenvalue weighted by Crippen LogP contribution is -2.37. The molecule has 17 heavy (non-hydrogen) atoms. The molecule has 1 aromatic rings. The van der Waals surface area contributed by atoms with Crippen molar-refractivity contribution < 1.29 is 0 Å². The molecule has 0 atom stereocenters. The van der Waals surface area contributed by atoms with Gasteiger partial charge in [0.1, 0.15) is 10.0 Å². The van der Waals surface area contributed by atoms with Crippen molar-refractivity contribution in [2.24, 2.45) is 16.6 Å². The number of aromatic nitrogens is 2. The molecule has 5 nitrogen and oxygen atoms in total. The van der Waals surface area contributed by atoms with E-state index in [0.29, 0.717) is 12.5 Å². The Hall–Kier alpha value is -1.17. The predicted molar refractivity (Wildman–Crippen MR) is 70.0 cm³/mol. The number of aryl methyl sites for hydroxylation is 1. The highest BCUT2D eigenvalue weighted by Gasteiger charge is 2.16. The molecule has 1 heterocycles. The van der Waals surface area contributed by atoms with Gasteiger partial charge in [0.05, 0.1) is 6.54 Å². The third-order valence-corrected chi connectivity index (χ3v) is 4.04. The van der Waals surface area contributed by atoms with Crippen LogP contribution in [0.3, 0.4) is 0 Å². The highest BCUT2D eigenvalue weighted by atomic mass is 32.1. The molecule has 0 amide bonds. The highest BCUT2D eigenvalue weighted by Crippen LogP contribution is 2.24. The Morgan fingerprint density at radius 3 is 2.82 bits per heavy atom. The monoisotopic (exact) mass is 253 g/mol. The van der Waals surface area contributed by atoms with Crippen molar-refractivity contribution in [1.29, 1.82) is 0 Å². The molecule has 0 aromatic carbocycles. The first kappa shape index (κ1) is 12.3. The van der Waals surface area contributed by atoms with Gasteiger partial charge in [-0.25, -0.2) is 4.99 Å². The molecule has 1 aromatic heterocycles. The molecule has 6 heteroatoms. The molecule has 0 aliphatic heterocycles. The largest absolute Gasteiger partial charge is 0.370 e. The van der Waals surface area contributed by atoms with Gasteiger partial charge in [0.15, 0.2) is 5.96 Å². The number of hydrogen-bond acceptors (Lipinski definition) is 4. The van der Waals surface area contributed by atoms with Crippen LogP contribution < -0.4 is 11.1 Å². The van der Waals surface area contributed by atoms with Crippen molar-refractivity contribution in [3.05, 3.63) is 10.0 Å². The maximum absolute atomic E-state index is 5.78. The van der Waals surface area contributed by atoms with Gasteiger partial charge in [-0.1, -0.05) is 24.7 Å². The Labute approximate surface area is 106 Å². The minimum absolute atomic E-state index is 0.519. The van der Waals surface area contributed by atoms with Gasteiger partial charge < -0.3 is 11.1 Å². The van der Waals surface area contributed by atoms with Gasteiger partial charge in [-0.15, -0.1) is 10.2 Å². The summed E-state index contributed by atoms with van der Waals surface area (Å²) in [6.45, 7) is 3.55. The Bertz CT molecular complexity index is 383. The minimum Gasteiger partial charge on any atom is -0.370 e. The maximum atomic E-state index is 5.78. The SMILES string of the molecule is CCc1nnc(CN=C(N)NCC2CCC2)s1. The summed E-state index contributed by atoms with van der Waals surface area (Å²) in [5, 5.41) is 13.2. The van der Waals surface area contributed by atoms with Gasteiger partial charge in [0.25, 0.3) is 0 Å². The van der Waals surface area contributed by atoms with Crippen LogP contribution in [0.5, 0.6) is 0 Å². The van der Waals surface area contributed by atoms with E-state index in [2.05, 4.69) is 27.4 Å². The number of nitrogens with one attached hydrogen (secondary N) is 1. The van der Waals surface area contributed by atoms with E-state index in [1.165, 1.54) is 19.3 Å². The van der Waals surface area contributed by atoms with Crippen LogP contribution in [0.4, 0.5) is 0 Å². The molecular weight excluding hydrogens is 234 g/mol. The van der Waals surface area contributed by atoms with Crippen molar-refractivity contribution in [3.8, 4) is 0 Å². The molecule has 0 saturated heterocycles. The number of hydrogen-bond donors (Lipinski definition) is 2. The van der Waals surface area contributed by atoms with Crippen LogP contribution in [0.2, 0.25) is 0 Å².